The lowest BCUT2D eigenvalue weighted by molar-refractivity contribution is 0.134. The van der Waals surface area contributed by atoms with Crippen LogP contribution in [0.3, 0.4) is 0 Å². The van der Waals surface area contributed by atoms with Gasteiger partial charge >= 0.3 is 0 Å². The normalized spacial score (nSPS) is 11.3. The monoisotopic (exact) mass is 207 g/mol. The Morgan fingerprint density at radius 2 is 1.80 bits per heavy atom. The molecular formula is C13H21NO. The molecule has 0 fully saturated rings. The molecule has 0 aromatic heterocycles. The van der Waals surface area contributed by atoms with Gasteiger partial charge in [-0.3, -0.25) is 4.90 Å². The number of aliphatic hydroxyl groups is 1. The quantitative estimate of drug-likeness (QED) is 0.748. The number of rotatable bonds is 5. The Hall–Kier alpha value is -0.860. The van der Waals surface area contributed by atoms with Crippen molar-refractivity contribution in [3.63, 3.8) is 0 Å². The fourth-order valence-corrected chi connectivity index (χ4v) is 1.46. The van der Waals surface area contributed by atoms with Crippen LogP contribution in [0.4, 0.5) is 0 Å². The average Bonchev–Trinajstić information content (AvgIpc) is 2.26. The van der Waals surface area contributed by atoms with Crippen molar-refractivity contribution in [2.75, 3.05) is 20.3 Å². The number of benzene rings is 1. The van der Waals surface area contributed by atoms with Crippen LogP contribution >= 0.6 is 0 Å². The van der Waals surface area contributed by atoms with Gasteiger partial charge in [-0.25, -0.2) is 0 Å². The standard InChI is InChI=1S/C13H21NO/c1-11(2)13-6-4-12(5-7-13)8-9-14(3)10-15/h4-7,11,15H,8-10H2,1-3H3. The zero-order valence-corrected chi connectivity index (χ0v) is 9.90. The molecule has 1 N–H and O–H groups in total. The highest BCUT2D eigenvalue weighted by Crippen LogP contribution is 2.14. The van der Waals surface area contributed by atoms with Crippen LogP contribution in [-0.2, 0) is 6.42 Å². The van der Waals surface area contributed by atoms with Crippen LogP contribution in [0.2, 0.25) is 0 Å². The summed E-state index contributed by atoms with van der Waals surface area (Å²) in [5.41, 5.74) is 2.72. The molecule has 2 nitrogen and oxygen atoms in total. The second-order valence-corrected chi connectivity index (χ2v) is 4.37. The van der Waals surface area contributed by atoms with Crippen molar-refractivity contribution in [2.45, 2.75) is 26.2 Å². The van der Waals surface area contributed by atoms with Gasteiger partial charge in [-0.15, -0.1) is 0 Å². The molecule has 2 heteroatoms. The van der Waals surface area contributed by atoms with Crippen molar-refractivity contribution >= 4 is 0 Å². The molecule has 0 atom stereocenters. The molecule has 0 amide bonds. The van der Waals surface area contributed by atoms with Crippen LogP contribution in [0.25, 0.3) is 0 Å². The molecule has 0 aliphatic rings. The Kier molecular flexibility index (Phi) is 4.79. The average molecular weight is 207 g/mol. The smallest absolute Gasteiger partial charge is 0.0954 e. The van der Waals surface area contributed by atoms with Crippen molar-refractivity contribution in [3.8, 4) is 0 Å². The molecule has 84 valence electrons. The van der Waals surface area contributed by atoms with Crippen LogP contribution in [-0.4, -0.2) is 30.3 Å². The lowest BCUT2D eigenvalue weighted by Gasteiger charge is -2.13. The Morgan fingerprint density at radius 1 is 1.20 bits per heavy atom. The van der Waals surface area contributed by atoms with Crippen LogP contribution in [0.5, 0.6) is 0 Å². The van der Waals surface area contributed by atoms with E-state index in [1.807, 2.05) is 11.9 Å². The second-order valence-electron chi connectivity index (χ2n) is 4.37. The van der Waals surface area contributed by atoms with Gasteiger partial charge in [0.15, 0.2) is 0 Å². The molecule has 0 saturated heterocycles. The molecule has 1 rings (SSSR count). The third kappa shape index (κ3) is 4.02. The number of aliphatic hydroxyl groups excluding tert-OH is 1. The third-order valence-electron chi connectivity index (χ3n) is 2.67. The maximum atomic E-state index is 8.86. The lowest BCUT2D eigenvalue weighted by atomic mass is 10.0. The number of likely N-dealkylation sites (N-methyl/N-ethyl adjacent to an activating group) is 1. The van der Waals surface area contributed by atoms with Crippen molar-refractivity contribution in [1.29, 1.82) is 0 Å². The highest BCUT2D eigenvalue weighted by molar-refractivity contribution is 5.24. The van der Waals surface area contributed by atoms with Gasteiger partial charge in [0.25, 0.3) is 0 Å². The summed E-state index contributed by atoms with van der Waals surface area (Å²) in [6.45, 7) is 5.44. The van der Waals surface area contributed by atoms with E-state index in [4.69, 9.17) is 5.11 Å². The van der Waals surface area contributed by atoms with Gasteiger partial charge in [-0.1, -0.05) is 38.1 Å². The van der Waals surface area contributed by atoms with Gasteiger partial charge < -0.3 is 5.11 Å². The van der Waals surface area contributed by atoms with Crippen LogP contribution < -0.4 is 0 Å². The van der Waals surface area contributed by atoms with Crippen molar-refractivity contribution in [2.24, 2.45) is 0 Å². The van der Waals surface area contributed by atoms with E-state index in [0.717, 1.165) is 13.0 Å². The first-order chi connectivity index (χ1) is 7.13. The summed E-state index contributed by atoms with van der Waals surface area (Å²) in [6, 6.07) is 8.75. The second kappa shape index (κ2) is 5.89. The van der Waals surface area contributed by atoms with Crippen LogP contribution in [0.15, 0.2) is 24.3 Å². The molecule has 0 bridgehead atoms. The SMILES string of the molecule is CC(C)c1ccc(CCN(C)CO)cc1. The van der Waals surface area contributed by atoms with Crippen molar-refractivity contribution < 1.29 is 5.11 Å². The summed E-state index contributed by atoms with van der Waals surface area (Å²) in [5.74, 6) is 0.596. The third-order valence-corrected chi connectivity index (χ3v) is 2.67. The van der Waals surface area contributed by atoms with Gasteiger partial charge in [0.2, 0.25) is 0 Å². The zero-order chi connectivity index (χ0) is 11.3. The maximum Gasteiger partial charge on any atom is 0.0954 e. The highest BCUT2D eigenvalue weighted by Gasteiger charge is 2.00. The Labute approximate surface area is 92.5 Å². The molecule has 0 saturated carbocycles. The molecule has 0 spiro atoms. The van der Waals surface area contributed by atoms with E-state index >= 15 is 0 Å². The highest BCUT2D eigenvalue weighted by atomic mass is 16.3. The molecular weight excluding hydrogens is 186 g/mol. The summed E-state index contributed by atoms with van der Waals surface area (Å²) in [4.78, 5) is 1.90. The molecule has 1 aromatic carbocycles. The first-order valence-corrected chi connectivity index (χ1v) is 5.51. The molecule has 0 radical (unpaired) electrons. The van der Waals surface area contributed by atoms with Gasteiger partial charge in [0.1, 0.15) is 0 Å². The lowest BCUT2D eigenvalue weighted by Crippen LogP contribution is -2.21. The predicted octanol–water partition coefficient (Wildman–Crippen LogP) is 2.23. The molecule has 1 aromatic rings. The minimum atomic E-state index is 0.129. The van der Waals surface area contributed by atoms with Crippen LogP contribution in [0.1, 0.15) is 30.9 Å². The van der Waals surface area contributed by atoms with E-state index in [9.17, 15) is 0 Å². The van der Waals surface area contributed by atoms with Gasteiger partial charge in [-0.05, 0) is 30.5 Å². The fraction of sp³-hybridized carbons (Fsp3) is 0.538. The predicted molar refractivity (Wildman–Crippen MR) is 64.0 cm³/mol. The largest absolute Gasteiger partial charge is 0.381 e. The van der Waals surface area contributed by atoms with E-state index in [-0.39, 0.29) is 6.73 Å². The molecule has 0 aliphatic heterocycles. The fourth-order valence-electron chi connectivity index (χ4n) is 1.46. The number of hydrogen-bond donors (Lipinski definition) is 1. The first kappa shape index (κ1) is 12.2. The molecule has 15 heavy (non-hydrogen) atoms. The first-order valence-electron chi connectivity index (χ1n) is 5.51. The van der Waals surface area contributed by atoms with E-state index in [2.05, 4.69) is 38.1 Å². The summed E-state index contributed by atoms with van der Waals surface area (Å²) in [7, 11) is 1.92. The van der Waals surface area contributed by atoms with Crippen molar-refractivity contribution in [3.05, 3.63) is 35.4 Å². The van der Waals surface area contributed by atoms with E-state index in [1.54, 1.807) is 0 Å². The minimum Gasteiger partial charge on any atom is -0.381 e. The summed E-state index contributed by atoms with van der Waals surface area (Å²) < 4.78 is 0. The van der Waals surface area contributed by atoms with Crippen molar-refractivity contribution in [1.82, 2.24) is 4.90 Å². The van der Waals surface area contributed by atoms with E-state index < -0.39 is 0 Å². The Morgan fingerprint density at radius 3 is 2.27 bits per heavy atom. The van der Waals surface area contributed by atoms with Gasteiger partial charge in [-0.2, -0.15) is 0 Å². The Balaban J connectivity index is 2.50. The summed E-state index contributed by atoms with van der Waals surface area (Å²) in [5, 5.41) is 8.86. The molecule has 0 aliphatic carbocycles. The summed E-state index contributed by atoms with van der Waals surface area (Å²) in [6.07, 6.45) is 0.995. The number of nitrogens with zero attached hydrogens (tertiary/aromatic N) is 1. The Bertz CT molecular complexity index is 279. The minimum absolute atomic E-state index is 0.129. The number of hydrogen-bond acceptors (Lipinski definition) is 2. The zero-order valence-electron chi connectivity index (χ0n) is 9.90. The molecule has 0 unspecified atom stereocenters. The van der Waals surface area contributed by atoms with Gasteiger partial charge in [0, 0.05) is 6.54 Å². The van der Waals surface area contributed by atoms with E-state index in [1.165, 1.54) is 11.1 Å². The summed E-state index contributed by atoms with van der Waals surface area (Å²) >= 11 is 0. The van der Waals surface area contributed by atoms with Crippen LogP contribution in [0, 0.1) is 0 Å². The molecule has 0 heterocycles. The van der Waals surface area contributed by atoms with Gasteiger partial charge in [0.05, 0.1) is 6.73 Å². The van der Waals surface area contributed by atoms with E-state index in [0.29, 0.717) is 5.92 Å². The maximum absolute atomic E-state index is 8.86. The topological polar surface area (TPSA) is 23.5 Å².